The molecule has 2 aromatic heterocycles. The SMILES string of the molecule is O=C(Cn1cncn1)Oc1ccc(NC(=O)c2cccs2)cc1. The Kier molecular flexibility index (Phi) is 4.44. The molecule has 3 rings (SSSR count). The number of amides is 1. The number of nitrogens with one attached hydrogen (secondary N) is 1. The summed E-state index contributed by atoms with van der Waals surface area (Å²) in [5, 5.41) is 8.44. The summed E-state index contributed by atoms with van der Waals surface area (Å²) in [5.74, 6) is -0.231. The number of esters is 1. The van der Waals surface area contributed by atoms with Gasteiger partial charge in [0, 0.05) is 5.69 Å². The Labute approximate surface area is 135 Å². The van der Waals surface area contributed by atoms with Crippen molar-refractivity contribution in [3.63, 3.8) is 0 Å². The van der Waals surface area contributed by atoms with Gasteiger partial charge in [0.1, 0.15) is 24.9 Å². The average molecular weight is 328 g/mol. The molecule has 0 spiro atoms. The van der Waals surface area contributed by atoms with Crippen LogP contribution in [0.5, 0.6) is 5.75 Å². The Balaban J connectivity index is 1.56. The van der Waals surface area contributed by atoms with Gasteiger partial charge in [-0.3, -0.25) is 4.79 Å². The van der Waals surface area contributed by atoms with Gasteiger partial charge in [0.2, 0.25) is 0 Å². The van der Waals surface area contributed by atoms with E-state index in [-0.39, 0.29) is 12.5 Å². The van der Waals surface area contributed by atoms with Crippen LogP contribution in [0.4, 0.5) is 5.69 Å². The Morgan fingerprint density at radius 1 is 1.22 bits per heavy atom. The number of thiophene rings is 1. The van der Waals surface area contributed by atoms with E-state index in [2.05, 4.69) is 15.4 Å². The second-order valence-corrected chi connectivity index (χ2v) is 5.47. The first kappa shape index (κ1) is 14.9. The fraction of sp³-hybridized carbons (Fsp3) is 0.0667. The van der Waals surface area contributed by atoms with E-state index in [1.807, 2.05) is 11.4 Å². The zero-order valence-corrected chi connectivity index (χ0v) is 12.7. The monoisotopic (exact) mass is 328 g/mol. The number of carbonyl (C=O) groups is 2. The highest BCUT2D eigenvalue weighted by molar-refractivity contribution is 7.12. The minimum Gasteiger partial charge on any atom is -0.425 e. The number of aromatic nitrogens is 3. The van der Waals surface area contributed by atoms with E-state index in [0.717, 1.165) is 0 Å². The van der Waals surface area contributed by atoms with E-state index in [1.54, 1.807) is 30.3 Å². The molecule has 8 heteroatoms. The van der Waals surface area contributed by atoms with Crippen LogP contribution in [-0.2, 0) is 11.3 Å². The van der Waals surface area contributed by atoms with Crippen molar-refractivity contribution in [1.82, 2.24) is 14.8 Å². The molecule has 2 heterocycles. The number of carbonyl (C=O) groups excluding carboxylic acids is 2. The first-order valence-electron chi connectivity index (χ1n) is 6.69. The van der Waals surface area contributed by atoms with Crippen LogP contribution in [0.3, 0.4) is 0 Å². The third-order valence-electron chi connectivity index (χ3n) is 2.85. The highest BCUT2D eigenvalue weighted by Gasteiger charge is 2.09. The number of rotatable bonds is 5. The zero-order chi connectivity index (χ0) is 16.1. The van der Waals surface area contributed by atoms with Gasteiger partial charge in [0.05, 0.1) is 4.88 Å². The van der Waals surface area contributed by atoms with Crippen molar-refractivity contribution in [3.8, 4) is 5.75 Å². The molecule has 0 fully saturated rings. The predicted molar refractivity (Wildman–Crippen MR) is 84.4 cm³/mol. The smallest absolute Gasteiger partial charge is 0.333 e. The highest BCUT2D eigenvalue weighted by Crippen LogP contribution is 2.18. The molecule has 0 bridgehead atoms. The number of hydrogen-bond acceptors (Lipinski definition) is 6. The summed E-state index contributed by atoms with van der Waals surface area (Å²) < 4.78 is 6.55. The van der Waals surface area contributed by atoms with Gasteiger partial charge in [-0.2, -0.15) is 5.10 Å². The number of anilines is 1. The van der Waals surface area contributed by atoms with Crippen molar-refractivity contribution < 1.29 is 14.3 Å². The fourth-order valence-electron chi connectivity index (χ4n) is 1.82. The van der Waals surface area contributed by atoms with Gasteiger partial charge in [-0.15, -0.1) is 11.3 Å². The van der Waals surface area contributed by atoms with E-state index < -0.39 is 5.97 Å². The molecule has 0 aliphatic carbocycles. The maximum Gasteiger partial charge on any atom is 0.333 e. The van der Waals surface area contributed by atoms with Crippen molar-refractivity contribution in [3.05, 3.63) is 59.3 Å². The number of hydrogen-bond donors (Lipinski definition) is 1. The van der Waals surface area contributed by atoms with E-state index in [1.165, 1.54) is 28.7 Å². The van der Waals surface area contributed by atoms with Gasteiger partial charge >= 0.3 is 5.97 Å². The summed E-state index contributed by atoms with van der Waals surface area (Å²) in [4.78, 5) is 28.0. The molecule has 7 nitrogen and oxygen atoms in total. The highest BCUT2D eigenvalue weighted by atomic mass is 32.1. The number of nitrogens with zero attached hydrogens (tertiary/aromatic N) is 3. The standard InChI is InChI=1S/C15H12N4O3S/c20-14(8-19-10-16-9-17-19)22-12-5-3-11(4-6-12)18-15(21)13-2-1-7-23-13/h1-7,9-10H,8H2,(H,18,21). The predicted octanol–water partition coefficient (Wildman–Crippen LogP) is 2.20. The molecule has 0 radical (unpaired) electrons. The minimum absolute atomic E-state index is 0.0170. The molecule has 23 heavy (non-hydrogen) atoms. The lowest BCUT2D eigenvalue weighted by molar-refractivity contribution is -0.135. The van der Waals surface area contributed by atoms with E-state index in [0.29, 0.717) is 16.3 Å². The lowest BCUT2D eigenvalue weighted by Gasteiger charge is -2.06. The molecular formula is C15H12N4O3S. The van der Waals surface area contributed by atoms with Gasteiger partial charge in [-0.25, -0.2) is 14.5 Å². The first-order chi connectivity index (χ1) is 11.2. The van der Waals surface area contributed by atoms with Gasteiger partial charge in [-0.1, -0.05) is 6.07 Å². The third-order valence-corrected chi connectivity index (χ3v) is 3.72. The normalized spacial score (nSPS) is 10.3. The lowest BCUT2D eigenvalue weighted by atomic mass is 10.3. The molecule has 0 aliphatic rings. The van der Waals surface area contributed by atoms with Crippen LogP contribution in [0, 0.1) is 0 Å². The molecule has 1 amide bonds. The first-order valence-corrected chi connectivity index (χ1v) is 7.57. The number of benzene rings is 1. The maximum absolute atomic E-state index is 11.9. The van der Waals surface area contributed by atoms with Gasteiger partial charge < -0.3 is 10.1 Å². The quantitative estimate of drug-likeness (QED) is 0.573. The average Bonchev–Trinajstić information content (AvgIpc) is 3.22. The van der Waals surface area contributed by atoms with Crippen LogP contribution >= 0.6 is 11.3 Å². The fourth-order valence-corrected chi connectivity index (χ4v) is 2.44. The number of ether oxygens (including phenoxy) is 1. The van der Waals surface area contributed by atoms with E-state index in [4.69, 9.17) is 4.74 Å². The van der Waals surface area contributed by atoms with Crippen molar-refractivity contribution in [1.29, 1.82) is 0 Å². The third kappa shape index (κ3) is 4.01. The molecule has 0 unspecified atom stereocenters. The maximum atomic E-state index is 11.9. The van der Waals surface area contributed by atoms with Gasteiger partial charge in [0.15, 0.2) is 0 Å². The summed E-state index contributed by atoms with van der Waals surface area (Å²) >= 11 is 1.37. The molecule has 0 saturated carbocycles. The van der Waals surface area contributed by atoms with Gasteiger partial charge in [0.25, 0.3) is 5.91 Å². The largest absolute Gasteiger partial charge is 0.425 e. The zero-order valence-electron chi connectivity index (χ0n) is 11.9. The second-order valence-electron chi connectivity index (χ2n) is 4.52. The second kappa shape index (κ2) is 6.84. The Morgan fingerprint density at radius 2 is 2.04 bits per heavy atom. The van der Waals surface area contributed by atoms with Crippen LogP contribution in [0.25, 0.3) is 0 Å². The van der Waals surface area contributed by atoms with Crippen molar-refractivity contribution in [2.75, 3.05) is 5.32 Å². The molecule has 116 valence electrons. The minimum atomic E-state index is -0.453. The molecule has 3 aromatic rings. The van der Waals surface area contributed by atoms with Crippen molar-refractivity contribution >= 4 is 28.9 Å². The summed E-state index contributed by atoms with van der Waals surface area (Å²) in [6.45, 7) is -0.0170. The Bertz CT molecular complexity index is 783. The van der Waals surface area contributed by atoms with Crippen LogP contribution in [0.2, 0.25) is 0 Å². The molecule has 0 aliphatic heterocycles. The molecule has 1 N–H and O–H groups in total. The Hall–Kier alpha value is -3.00. The Morgan fingerprint density at radius 3 is 2.70 bits per heavy atom. The van der Waals surface area contributed by atoms with Crippen LogP contribution in [-0.4, -0.2) is 26.6 Å². The van der Waals surface area contributed by atoms with Crippen molar-refractivity contribution in [2.24, 2.45) is 0 Å². The van der Waals surface area contributed by atoms with Crippen LogP contribution in [0.1, 0.15) is 9.67 Å². The molecule has 1 aromatic carbocycles. The molecule has 0 saturated heterocycles. The molecule has 0 atom stereocenters. The van der Waals surface area contributed by atoms with E-state index >= 15 is 0 Å². The summed E-state index contributed by atoms with van der Waals surface area (Å²) in [6, 6.07) is 10.1. The summed E-state index contributed by atoms with van der Waals surface area (Å²) in [6.07, 6.45) is 2.78. The summed E-state index contributed by atoms with van der Waals surface area (Å²) in [7, 11) is 0. The van der Waals surface area contributed by atoms with Crippen LogP contribution < -0.4 is 10.1 Å². The van der Waals surface area contributed by atoms with Crippen molar-refractivity contribution in [2.45, 2.75) is 6.54 Å². The topological polar surface area (TPSA) is 86.1 Å². The van der Waals surface area contributed by atoms with Gasteiger partial charge in [-0.05, 0) is 35.7 Å². The lowest BCUT2D eigenvalue weighted by Crippen LogP contribution is -2.16. The van der Waals surface area contributed by atoms with E-state index in [9.17, 15) is 9.59 Å². The summed E-state index contributed by atoms with van der Waals surface area (Å²) in [5.41, 5.74) is 0.625. The molecular weight excluding hydrogens is 316 g/mol. The van der Waals surface area contributed by atoms with Crippen LogP contribution in [0.15, 0.2) is 54.4 Å².